The number of aromatic nitrogens is 1. The molecule has 2 rings (SSSR count). The maximum absolute atomic E-state index is 12.3. The average Bonchev–Trinajstić information content (AvgIpc) is 2.59. The number of rotatable bonds is 1. The van der Waals surface area contributed by atoms with Gasteiger partial charge in [0.15, 0.2) is 5.44 Å². The standard InChI is InChI=1S/C9H7F3N2O2S/c10-9(11,12)5-1-2-6(13-3-5)14-4-17-8(16)7(14)15/h1-3,8,16H,4H2. The first-order valence-electron chi connectivity index (χ1n) is 4.54. The van der Waals surface area contributed by atoms with E-state index in [4.69, 9.17) is 0 Å². The van der Waals surface area contributed by atoms with Crippen LogP contribution in [0.3, 0.4) is 0 Å². The Balaban J connectivity index is 2.22. The molecule has 4 nitrogen and oxygen atoms in total. The summed E-state index contributed by atoms with van der Waals surface area (Å²) in [7, 11) is 0. The minimum atomic E-state index is -4.45. The number of hydrogen-bond donors (Lipinski definition) is 1. The third-order valence-corrected chi connectivity index (χ3v) is 3.12. The molecule has 2 heterocycles. The topological polar surface area (TPSA) is 53.4 Å². The Morgan fingerprint density at radius 3 is 2.59 bits per heavy atom. The van der Waals surface area contributed by atoms with Crippen molar-refractivity contribution in [3.05, 3.63) is 23.9 Å². The number of aliphatic hydroxyl groups is 1. The van der Waals surface area contributed by atoms with Gasteiger partial charge >= 0.3 is 6.18 Å². The van der Waals surface area contributed by atoms with Gasteiger partial charge in [0.25, 0.3) is 5.91 Å². The van der Waals surface area contributed by atoms with Gasteiger partial charge in [0.05, 0.1) is 11.4 Å². The maximum Gasteiger partial charge on any atom is 0.417 e. The second-order valence-corrected chi connectivity index (χ2v) is 4.36. The van der Waals surface area contributed by atoms with E-state index in [2.05, 4.69) is 4.98 Å². The maximum atomic E-state index is 12.3. The minimum absolute atomic E-state index is 0.104. The highest BCUT2D eigenvalue weighted by molar-refractivity contribution is 8.01. The van der Waals surface area contributed by atoms with Crippen LogP contribution < -0.4 is 4.90 Å². The second kappa shape index (κ2) is 4.19. The van der Waals surface area contributed by atoms with E-state index in [1.54, 1.807) is 0 Å². The lowest BCUT2D eigenvalue weighted by molar-refractivity contribution is -0.137. The molecule has 1 fully saturated rings. The normalized spacial score (nSPS) is 21.1. The van der Waals surface area contributed by atoms with E-state index < -0.39 is 23.1 Å². The summed E-state index contributed by atoms with van der Waals surface area (Å²) in [4.78, 5) is 16.1. The summed E-state index contributed by atoms with van der Waals surface area (Å²) in [6.45, 7) is 0. The van der Waals surface area contributed by atoms with Gasteiger partial charge in [-0.15, -0.1) is 0 Å². The number of carbonyl (C=O) groups is 1. The summed E-state index contributed by atoms with van der Waals surface area (Å²) >= 11 is 0.988. The number of carbonyl (C=O) groups excluding carboxylic acids is 1. The molecule has 1 aliphatic heterocycles. The predicted octanol–water partition coefficient (Wildman–Crippen LogP) is 1.46. The monoisotopic (exact) mass is 264 g/mol. The van der Waals surface area contributed by atoms with Gasteiger partial charge in [-0.25, -0.2) is 4.98 Å². The lowest BCUT2D eigenvalue weighted by Gasteiger charge is -2.14. The molecule has 1 aromatic heterocycles. The van der Waals surface area contributed by atoms with Crippen LogP contribution in [0.1, 0.15) is 5.56 Å². The van der Waals surface area contributed by atoms with Crippen LogP contribution in [0.25, 0.3) is 0 Å². The summed E-state index contributed by atoms with van der Waals surface area (Å²) in [6.07, 6.45) is -3.78. The fraction of sp³-hybridized carbons (Fsp3) is 0.333. The summed E-state index contributed by atoms with van der Waals surface area (Å²) in [5.74, 6) is -0.285. The van der Waals surface area contributed by atoms with E-state index in [1.165, 1.54) is 0 Å². The van der Waals surface area contributed by atoms with Crippen LogP contribution in [0.2, 0.25) is 0 Å². The van der Waals surface area contributed by atoms with E-state index in [0.717, 1.165) is 28.8 Å². The van der Waals surface area contributed by atoms with Crippen LogP contribution in [0.15, 0.2) is 18.3 Å². The van der Waals surface area contributed by atoms with Crippen LogP contribution >= 0.6 is 11.8 Å². The van der Waals surface area contributed by atoms with Crippen molar-refractivity contribution in [1.82, 2.24) is 4.98 Å². The Morgan fingerprint density at radius 1 is 1.47 bits per heavy atom. The molecule has 0 aromatic carbocycles. The molecule has 1 amide bonds. The molecule has 0 aliphatic carbocycles. The number of aliphatic hydroxyl groups excluding tert-OH is 1. The third kappa shape index (κ3) is 2.37. The molecule has 0 bridgehead atoms. The van der Waals surface area contributed by atoms with Gasteiger partial charge < -0.3 is 5.11 Å². The Labute approximate surface area is 98.4 Å². The lowest BCUT2D eigenvalue weighted by Crippen LogP contribution is -2.29. The molecule has 1 saturated heterocycles. The summed E-state index contributed by atoms with van der Waals surface area (Å²) < 4.78 is 36.8. The molecule has 1 aliphatic rings. The number of alkyl halides is 3. The number of nitrogens with zero attached hydrogens (tertiary/aromatic N) is 2. The number of anilines is 1. The molecule has 8 heteroatoms. The zero-order chi connectivity index (χ0) is 12.6. The zero-order valence-electron chi connectivity index (χ0n) is 8.31. The molecule has 17 heavy (non-hydrogen) atoms. The van der Waals surface area contributed by atoms with E-state index in [0.29, 0.717) is 6.20 Å². The van der Waals surface area contributed by atoms with Crippen molar-refractivity contribution in [2.24, 2.45) is 0 Å². The number of amides is 1. The van der Waals surface area contributed by atoms with Crippen molar-refractivity contribution in [1.29, 1.82) is 0 Å². The minimum Gasteiger partial charge on any atom is -0.373 e. The first kappa shape index (κ1) is 12.2. The van der Waals surface area contributed by atoms with Gasteiger partial charge in [0.1, 0.15) is 5.82 Å². The van der Waals surface area contributed by atoms with Crippen molar-refractivity contribution < 1.29 is 23.1 Å². The number of hydrogen-bond acceptors (Lipinski definition) is 4. The van der Waals surface area contributed by atoms with Gasteiger partial charge in [-0.1, -0.05) is 11.8 Å². The molecule has 0 radical (unpaired) electrons. The molecule has 1 N–H and O–H groups in total. The van der Waals surface area contributed by atoms with Crippen LogP contribution in [0, 0.1) is 0 Å². The van der Waals surface area contributed by atoms with E-state index in [9.17, 15) is 23.1 Å². The van der Waals surface area contributed by atoms with Crippen LogP contribution in [-0.4, -0.2) is 27.3 Å². The molecule has 92 valence electrons. The molecular formula is C9H7F3N2O2S. The smallest absolute Gasteiger partial charge is 0.373 e. The summed E-state index contributed by atoms with van der Waals surface area (Å²) in [5.41, 5.74) is -2.04. The fourth-order valence-electron chi connectivity index (χ4n) is 1.31. The quantitative estimate of drug-likeness (QED) is 0.834. The lowest BCUT2D eigenvalue weighted by atomic mass is 10.2. The fourth-order valence-corrected chi connectivity index (χ4v) is 2.13. The van der Waals surface area contributed by atoms with Crippen molar-refractivity contribution in [2.75, 3.05) is 10.8 Å². The molecule has 0 saturated carbocycles. The third-order valence-electron chi connectivity index (χ3n) is 2.19. The molecule has 1 atom stereocenters. The van der Waals surface area contributed by atoms with Gasteiger partial charge in [-0.2, -0.15) is 13.2 Å². The van der Waals surface area contributed by atoms with Gasteiger partial charge in [0, 0.05) is 6.20 Å². The highest BCUT2D eigenvalue weighted by Gasteiger charge is 2.34. The highest BCUT2D eigenvalue weighted by atomic mass is 32.2. The molecule has 1 unspecified atom stereocenters. The van der Waals surface area contributed by atoms with E-state index in [-0.39, 0.29) is 11.7 Å². The largest absolute Gasteiger partial charge is 0.417 e. The predicted molar refractivity (Wildman–Crippen MR) is 55.2 cm³/mol. The first-order valence-corrected chi connectivity index (χ1v) is 5.59. The summed E-state index contributed by atoms with van der Waals surface area (Å²) in [5, 5.41) is 9.18. The molecule has 0 spiro atoms. The van der Waals surface area contributed by atoms with E-state index in [1.807, 2.05) is 0 Å². The van der Waals surface area contributed by atoms with Crippen LogP contribution in [0.5, 0.6) is 0 Å². The molecule has 1 aromatic rings. The zero-order valence-corrected chi connectivity index (χ0v) is 9.13. The van der Waals surface area contributed by atoms with Crippen molar-refractivity contribution >= 4 is 23.5 Å². The van der Waals surface area contributed by atoms with Gasteiger partial charge in [0.2, 0.25) is 0 Å². The number of pyridine rings is 1. The number of halogens is 3. The Hall–Kier alpha value is -1.28. The van der Waals surface area contributed by atoms with Crippen molar-refractivity contribution in [3.8, 4) is 0 Å². The Kier molecular flexibility index (Phi) is 3.00. The summed E-state index contributed by atoms with van der Waals surface area (Å²) in [6, 6.07) is 1.96. The Morgan fingerprint density at radius 2 is 2.18 bits per heavy atom. The van der Waals surface area contributed by atoms with Crippen LogP contribution in [-0.2, 0) is 11.0 Å². The average molecular weight is 264 g/mol. The molecular weight excluding hydrogens is 257 g/mol. The van der Waals surface area contributed by atoms with Gasteiger partial charge in [-0.3, -0.25) is 9.69 Å². The highest BCUT2D eigenvalue weighted by Crippen LogP contribution is 2.31. The van der Waals surface area contributed by atoms with Crippen molar-refractivity contribution in [2.45, 2.75) is 11.6 Å². The van der Waals surface area contributed by atoms with Crippen LogP contribution in [0.4, 0.5) is 19.0 Å². The second-order valence-electron chi connectivity index (χ2n) is 3.32. The first-order chi connectivity index (χ1) is 7.89. The van der Waals surface area contributed by atoms with Gasteiger partial charge in [-0.05, 0) is 12.1 Å². The van der Waals surface area contributed by atoms with E-state index >= 15 is 0 Å². The number of thioether (sulfide) groups is 1. The van der Waals surface area contributed by atoms with Crippen molar-refractivity contribution in [3.63, 3.8) is 0 Å². The Bertz CT molecular complexity index is 435. The SMILES string of the molecule is O=C1C(O)SCN1c1ccc(C(F)(F)F)cn1.